The molecular weight excluding hydrogens is 206 g/mol. The van der Waals surface area contributed by atoms with Gasteiger partial charge in [0.1, 0.15) is 12.6 Å². The van der Waals surface area contributed by atoms with Gasteiger partial charge in [0, 0.05) is 6.42 Å². The lowest BCUT2D eigenvalue weighted by Gasteiger charge is -2.05. The Morgan fingerprint density at radius 2 is 2.27 bits per heavy atom. The van der Waals surface area contributed by atoms with E-state index >= 15 is 0 Å². The average molecular weight is 217 g/mol. The Labute approximate surface area is 85.3 Å². The van der Waals surface area contributed by atoms with Crippen LogP contribution >= 0.6 is 0 Å². The number of amides is 1. The third-order valence-electron chi connectivity index (χ3n) is 1.76. The highest BCUT2D eigenvalue weighted by molar-refractivity contribution is 5.95. The van der Waals surface area contributed by atoms with Gasteiger partial charge in [0.25, 0.3) is 0 Å². The summed E-state index contributed by atoms with van der Waals surface area (Å²) in [5, 5.41) is 10.6. The minimum absolute atomic E-state index is 0.0138. The predicted molar refractivity (Wildman–Crippen MR) is 45.7 cm³/mol. The molecule has 1 atom stereocenters. The van der Waals surface area contributed by atoms with E-state index in [-0.39, 0.29) is 26.1 Å². The zero-order chi connectivity index (χ0) is 11.3. The van der Waals surface area contributed by atoms with Crippen LogP contribution in [-0.2, 0) is 19.1 Å². The van der Waals surface area contributed by atoms with Crippen molar-refractivity contribution in [2.45, 2.75) is 18.9 Å². The van der Waals surface area contributed by atoms with Crippen LogP contribution in [0.25, 0.3) is 0 Å². The zero-order valence-electron chi connectivity index (χ0n) is 7.89. The fraction of sp³-hybridized carbons (Fsp3) is 0.625. The van der Waals surface area contributed by atoms with Crippen molar-refractivity contribution in [3.63, 3.8) is 0 Å². The van der Waals surface area contributed by atoms with E-state index in [9.17, 15) is 14.4 Å². The number of hydrogen-bond donors (Lipinski definition) is 2. The van der Waals surface area contributed by atoms with Crippen LogP contribution in [0.4, 0.5) is 4.79 Å². The van der Waals surface area contributed by atoms with Crippen molar-refractivity contribution in [2.24, 2.45) is 0 Å². The number of cyclic esters (lactones) is 2. The quantitative estimate of drug-likeness (QED) is 0.449. The highest BCUT2D eigenvalue weighted by Gasteiger charge is 2.32. The molecule has 0 spiro atoms. The first-order chi connectivity index (χ1) is 7.13. The summed E-state index contributed by atoms with van der Waals surface area (Å²) in [5.41, 5.74) is 0. The highest BCUT2D eigenvalue weighted by atomic mass is 16.6. The molecule has 7 heteroatoms. The fourth-order valence-corrected chi connectivity index (χ4v) is 1.08. The van der Waals surface area contributed by atoms with Gasteiger partial charge in [0.2, 0.25) is 0 Å². The summed E-state index contributed by atoms with van der Waals surface area (Å²) in [7, 11) is 0. The van der Waals surface area contributed by atoms with E-state index in [1.54, 1.807) is 0 Å². The number of ether oxygens (including phenoxy) is 2. The van der Waals surface area contributed by atoms with Gasteiger partial charge in [-0.15, -0.1) is 0 Å². The average Bonchev–Trinajstić information content (AvgIpc) is 2.51. The highest BCUT2D eigenvalue weighted by Crippen LogP contribution is 2.07. The summed E-state index contributed by atoms with van der Waals surface area (Å²) in [6, 6.07) is -0.779. The molecule has 0 aromatic heterocycles. The molecule has 1 heterocycles. The minimum Gasteiger partial charge on any atom is -0.463 e. The number of alkyl carbamates (subject to hydrolysis) is 1. The summed E-state index contributed by atoms with van der Waals surface area (Å²) in [6.45, 7) is -0.311. The molecule has 1 rings (SSSR count). The maximum atomic E-state index is 10.9. The van der Waals surface area contributed by atoms with Gasteiger partial charge in [-0.3, -0.25) is 4.79 Å². The normalized spacial score (nSPS) is 19.7. The number of aliphatic hydroxyl groups is 1. The van der Waals surface area contributed by atoms with E-state index in [0.29, 0.717) is 0 Å². The molecule has 1 amide bonds. The minimum atomic E-state index is -0.797. The monoisotopic (exact) mass is 217 g/mol. The van der Waals surface area contributed by atoms with Gasteiger partial charge in [-0.2, -0.15) is 0 Å². The SMILES string of the molecule is O=C(CC[C@H]1NC(=O)OC1=O)OCCO. The molecule has 0 radical (unpaired) electrons. The Bertz CT molecular complexity index is 276. The van der Waals surface area contributed by atoms with Gasteiger partial charge in [-0.1, -0.05) is 0 Å². The lowest BCUT2D eigenvalue weighted by Crippen LogP contribution is -2.29. The largest absolute Gasteiger partial charge is 0.463 e. The van der Waals surface area contributed by atoms with Gasteiger partial charge >= 0.3 is 18.0 Å². The molecule has 1 aliphatic rings. The molecule has 2 N–H and O–H groups in total. The lowest BCUT2D eigenvalue weighted by atomic mass is 10.2. The molecule has 0 aliphatic carbocycles. The van der Waals surface area contributed by atoms with Crippen LogP contribution < -0.4 is 5.32 Å². The van der Waals surface area contributed by atoms with E-state index in [1.165, 1.54) is 0 Å². The van der Waals surface area contributed by atoms with Crippen molar-refractivity contribution in [1.29, 1.82) is 0 Å². The van der Waals surface area contributed by atoms with Gasteiger partial charge in [-0.25, -0.2) is 9.59 Å². The molecule has 0 aromatic carbocycles. The predicted octanol–water partition coefficient (Wildman–Crippen LogP) is -1.06. The molecule has 15 heavy (non-hydrogen) atoms. The summed E-state index contributed by atoms with van der Waals surface area (Å²) in [5.74, 6) is -1.21. The number of carbonyl (C=O) groups is 3. The van der Waals surface area contributed by atoms with Crippen LogP contribution in [0.1, 0.15) is 12.8 Å². The Hall–Kier alpha value is -1.63. The molecule has 1 saturated heterocycles. The van der Waals surface area contributed by atoms with E-state index in [2.05, 4.69) is 14.8 Å². The molecule has 0 saturated carbocycles. The summed E-state index contributed by atoms with van der Waals surface area (Å²) < 4.78 is 8.77. The van der Waals surface area contributed by atoms with Gasteiger partial charge in [0.05, 0.1) is 6.61 Å². The van der Waals surface area contributed by atoms with Crippen LogP contribution in [0.15, 0.2) is 0 Å². The zero-order valence-corrected chi connectivity index (χ0v) is 7.89. The Kier molecular flexibility index (Phi) is 4.04. The summed E-state index contributed by atoms with van der Waals surface area (Å²) >= 11 is 0. The van der Waals surface area contributed by atoms with Gasteiger partial charge in [0.15, 0.2) is 0 Å². The fourth-order valence-electron chi connectivity index (χ4n) is 1.08. The Morgan fingerprint density at radius 1 is 1.53 bits per heavy atom. The summed E-state index contributed by atoms with van der Waals surface area (Å²) in [6.07, 6.45) is -0.678. The topological polar surface area (TPSA) is 102 Å². The van der Waals surface area contributed by atoms with Gasteiger partial charge in [-0.05, 0) is 6.42 Å². The first kappa shape index (κ1) is 11.4. The first-order valence-electron chi connectivity index (χ1n) is 4.42. The Balaban J connectivity index is 2.22. The second-order valence-corrected chi connectivity index (χ2v) is 2.89. The number of rotatable bonds is 5. The van der Waals surface area contributed by atoms with E-state index in [1.807, 2.05) is 0 Å². The molecule has 1 fully saturated rings. The molecule has 0 aromatic rings. The van der Waals surface area contributed by atoms with E-state index in [4.69, 9.17) is 5.11 Å². The molecular formula is C8H11NO6. The third kappa shape index (κ3) is 3.55. The number of aliphatic hydroxyl groups excluding tert-OH is 1. The van der Waals surface area contributed by atoms with E-state index < -0.39 is 24.1 Å². The van der Waals surface area contributed by atoms with Crippen molar-refractivity contribution < 1.29 is 29.0 Å². The number of hydrogen-bond acceptors (Lipinski definition) is 6. The molecule has 7 nitrogen and oxygen atoms in total. The second-order valence-electron chi connectivity index (χ2n) is 2.89. The van der Waals surface area contributed by atoms with Crippen LogP contribution in [0.2, 0.25) is 0 Å². The summed E-state index contributed by atoms with van der Waals surface area (Å²) in [4.78, 5) is 32.4. The third-order valence-corrected chi connectivity index (χ3v) is 1.76. The maximum Gasteiger partial charge on any atom is 0.415 e. The van der Waals surface area contributed by atoms with Crippen molar-refractivity contribution in [3.8, 4) is 0 Å². The van der Waals surface area contributed by atoms with E-state index in [0.717, 1.165) is 0 Å². The number of nitrogens with one attached hydrogen (secondary N) is 1. The Morgan fingerprint density at radius 3 is 2.80 bits per heavy atom. The van der Waals surface area contributed by atoms with Crippen molar-refractivity contribution >= 4 is 18.0 Å². The standard InChI is InChI=1S/C8H11NO6/c10-3-4-14-6(11)2-1-5-7(12)15-8(13)9-5/h5,10H,1-4H2,(H,9,13)/t5-/m1/s1. The van der Waals surface area contributed by atoms with Crippen molar-refractivity contribution in [2.75, 3.05) is 13.2 Å². The van der Waals surface area contributed by atoms with Crippen LogP contribution in [-0.4, -0.2) is 42.4 Å². The first-order valence-corrected chi connectivity index (χ1v) is 4.42. The second kappa shape index (κ2) is 5.30. The number of carbonyl (C=O) groups excluding carboxylic acids is 3. The molecule has 0 bridgehead atoms. The van der Waals surface area contributed by atoms with Crippen LogP contribution in [0, 0.1) is 0 Å². The maximum absolute atomic E-state index is 10.9. The molecule has 84 valence electrons. The van der Waals surface area contributed by atoms with Gasteiger partial charge < -0.3 is 19.9 Å². The van der Waals surface area contributed by atoms with Crippen LogP contribution in [0.3, 0.4) is 0 Å². The smallest absolute Gasteiger partial charge is 0.415 e. The lowest BCUT2D eigenvalue weighted by molar-refractivity contribution is -0.145. The molecule has 0 unspecified atom stereocenters. The van der Waals surface area contributed by atoms with Crippen molar-refractivity contribution in [3.05, 3.63) is 0 Å². The van der Waals surface area contributed by atoms with Crippen LogP contribution in [0.5, 0.6) is 0 Å². The number of esters is 2. The molecule has 1 aliphatic heterocycles. The van der Waals surface area contributed by atoms with Crippen molar-refractivity contribution in [1.82, 2.24) is 5.32 Å².